The normalized spacial score (nSPS) is 11.5. The topological polar surface area (TPSA) is 84.1 Å². The molecule has 2 rings (SSSR count). The summed E-state index contributed by atoms with van der Waals surface area (Å²) in [6, 6.07) is 3.79. The molecular weight excluding hydrogens is 248 g/mol. The molecule has 0 aliphatic heterocycles. The van der Waals surface area contributed by atoms with Gasteiger partial charge in [0, 0.05) is 18.0 Å². The maximum atomic E-state index is 9.30. The van der Waals surface area contributed by atoms with Crippen molar-refractivity contribution >= 4 is 22.4 Å². The van der Waals surface area contributed by atoms with Crippen molar-refractivity contribution in [3.05, 3.63) is 24.5 Å². The van der Waals surface area contributed by atoms with Crippen molar-refractivity contribution in [3.63, 3.8) is 0 Å². The van der Waals surface area contributed by atoms with Crippen LogP contribution in [0.2, 0.25) is 0 Å². The van der Waals surface area contributed by atoms with Crippen LogP contribution < -0.4 is 11.1 Å². The number of aromatic nitrogens is 2. The lowest BCUT2D eigenvalue weighted by Gasteiger charge is -2.24. The van der Waals surface area contributed by atoms with Crippen molar-refractivity contribution < 1.29 is 5.11 Å². The lowest BCUT2D eigenvalue weighted by molar-refractivity contribution is 0.234. The van der Waals surface area contributed by atoms with Crippen molar-refractivity contribution in [2.75, 3.05) is 17.7 Å². The van der Waals surface area contributed by atoms with Gasteiger partial charge in [-0.05, 0) is 31.4 Å². The average molecular weight is 264 g/mol. The van der Waals surface area contributed by atoms with Gasteiger partial charge in [0.2, 0.25) is 0 Å². The maximum Gasteiger partial charge on any atom is 0.147 e. The van der Waals surface area contributed by atoms with Crippen molar-refractivity contribution in [2.24, 2.45) is 0 Å². The molecule has 4 N–H and O–H groups in total. The maximum absolute atomic E-state index is 9.30. The SMILES string of the molecule is CC(C)(CO)Nc1snc(N)c1-c1cccnc1. The summed E-state index contributed by atoms with van der Waals surface area (Å²) in [6.07, 6.45) is 3.46. The summed E-state index contributed by atoms with van der Waals surface area (Å²) in [4.78, 5) is 4.08. The van der Waals surface area contributed by atoms with E-state index in [0.29, 0.717) is 5.82 Å². The zero-order chi connectivity index (χ0) is 13.2. The fourth-order valence-electron chi connectivity index (χ4n) is 1.52. The summed E-state index contributed by atoms with van der Waals surface area (Å²) < 4.78 is 4.16. The summed E-state index contributed by atoms with van der Waals surface area (Å²) in [5.74, 6) is 0.476. The third-order valence-corrected chi connectivity index (χ3v) is 3.29. The van der Waals surface area contributed by atoms with Crippen molar-refractivity contribution in [1.29, 1.82) is 0 Å². The molecule has 18 heavy (non-hydrogen) atoms. The van der Waals surface area contributed by atoms with Crippen LogP contribution in [0.4, 0.5) is 10.8 Å². The Morgan fingerprint density at radius 1 is 1.50 bits per heavy atom. The summed E-state index contributed by atoms with van der Waals surface area (Å²) in [7, 11) is 0. The van der Waals surface area contributed by atoms with Crippen LogP contribution in [0.15, 0.2) is 24.5 Å². The Hall–Kier alpha value is -1.66. The van der Waals surface area contributed by atoms with Gasteiger partial charge < -0.3 is 16.2 Å². The van der Waals surface area contributed by atoms with Gasteiger partial charge in [0.25, 0.3) is 0 Å². The van der Waals surface area contributed by atoms with E-state index < -0.39 is 5.54 Å². The smallest absolute Gasteiger partial charge is 0.147 e. The number of nitrogens with two attached hydrogens (primary N) is 1. The van der Waals surface area contributed by atoms with Gasteiger partial charge >= 0.3 is 0 Å². The highest BCUT2D eigenvalue weighted by Gasteiger charge is 2.21. The molecule has 96 valence electrons. The number of nitrogens with zero attached hydrogens (tertiary/aromatic N) is 2. The minimum absolute atomic E-state index is 0.0251. The quantitative estimate of drug-likeness (QED) is 0.786. The number of rotatable bonds is 4. The predicted molar refractivity (Wildman–Crippen MR) is 74.5 cm³/mol. The van der Waals surface area contributed by atoms with E-state index in [9.17, 15) is 5.11 Å². The molecule has 0 spiro atoms. The first kappa shape index (κ1) is 12.8. The standard InChI is InChI=1S/C12H16N4OS/c1-12(2,7-17)15-11-9(10(13)16-18-11)8-4-3-5-14-6-8/h3-6,15,17H,7H2,1-2H3,(H2,13,16). The summed E-state index contributed by atoms with van der Waals surface area (Å²) >= 11 is 1.29. The first-order chi connectivity index (χ1) is 8.53. The van der Waals surface area contributed by atoms with Gasteiger partial charge in [-0.1, -0.05) is 6.07 Å². The van der Waals surface area contributed by atoms with E-state index in [4.69, 9.17) is 5.73 Å². The lowest BCUT2D eigenvalue weighted by Crippen LogP contribution is -2.34. The lowest BCUT2D eigenvalue weighted by atomic mass is 10.1. The summed E-state index contributed by atoms with van der Waals surface area (Å²) in [5.41, 5.74) is 7.24. The second-order valence-electron chi connectivity index (χ2n) is 4.68. The third-order valence-electron chi connectivity index (χ3n) is 2.52. The van der Waals surface area contributed by atoms with Crippen LogP contribution in [0, 0.1) is 0 Å². The summed E-state index contributed by atoms with van der Waals surface area (Å²) in [6.45, 7) is 3.85. The molecule has 2 heterocycles. The fraction of sp³-hybridized carbons (Fsp3) is 0.333. The molecule has 0 radical (unpaired) electrons. The van der Waals surface area contributed by atoms with E-state index in [1.54, 1.807) is 12.4 Å². The van der Waals surface area contributed by atoms with Gasteiger partial charge in [0.1, 0.15) is 10.8 Å². The molecule has 5 nitrogen and oxygen atoms in total. The van der Waals surface area contributed by atoms with Crippen molar-refractivity contribution in [2.45, 2.75) is 19.4 Å². The monoisotopic (exact) mass is 264 g/mol. The number of aliphatic hydroxyl groups excluding tert-OH is 1. The van der Waals surface area contributed by atoms with Gasteiger partial charge in [0.15, 0.2) is 0 Å². The van der Waals surface area contributed by atoms with E-state index in [-0.39, 0.29) is 6.61 Å². The zero-order valence-electron chi connectivity index (χ0n) is 10.3. The Bertz CT molecular complexity index is 524. The first-order valence-corrected chi connectivity index (χ1v) is 6.35. The molecule has 0 saturated carbocycles. The average Bonchev–Trinajstić information content (AvgIpc) is 2.71. The second kappa shape index (κ2) is 4.91. The number of nitrogens with one attached hydrogen (secondary N) is 1. The molecular formula is C12H16N4OS. The van der Waals surface area contributed by atoms with E-state index in [1.807, 2.05) is 26.0 Å². The number of hydrogen-bond acceptors (Lipinski definition) is 6. The third kappa shape index (κ3) is 2.60. The predicted octanol–water partition coefficient (Wildman–Crippen LogP) is 1.97. The molecule has 0 aliphatic carbocycles. The Morgan fingerprint density at radius 2 is 2.28 bits per heavy atom. The van der Waals surface area contributed by atoms with Crippen molar-refractivity contribution in [1.82, 2.24) is 9.36 Å². The van der Waals surface area contributed by atoms with Gasteiger partial charge in [-0.25, -0.2) is 0 Å². The molecule has 0 aliphatic rings. The molecule has 2 aromatic rings. The van der Waals surface area contributed by atoms with E-state index >= 15 is 0 Å². The van der Waals surface area contributed by atoms with Crippen LogP contribution in [0.25, 0.3) is 11.1 Å². The van der Waals surface area contributed by atoms with Crippen LogP contribution in [-0.4, -0.2) is 26.6 Å². The van der Waals surface area contributed by atoms with Gasteiger partial charge in [-0.15, -0.1) is 0 Å². The number of anilines is 2. The Kier molecular flexibility index (Phi) is 3.49. The molecule has 0 aromatic carbocycles. The number of nitrogen functional groups attached to an aromatic ring is 1. The highest BCUT2D eigenvalue weighted by atomic mass is 32.1. The van der Waals surface area contributed by atoms with Gasteiger partial charge in [0.05, 0.1) is 17.7 Å². The van der Waals surface area contributed by atoms with E-state index in [1.165, 1.54) is 11.5 Å². The molecule has 0 amide bonds. The number of aliphatic hydroxyl groups is 1. The van der Waals surface area contributed by atoms with E-state index in [0.717, 1.165) is 16.1 Å². The molecule has 0 unspecified atom stereocenters. The molecule has 0 saturated heterocycles. The molecule has 6 heteroatoms. The van der Waals surface area contributed by atoms with Crippen LogP contribution >= 0.6 is 11.5 Å². The van der Waals surface area contributed by atoms with Crippen LogP contribution in [0.1, 0.15) is 13.8 Å². The first-order valence-electron chi connectivity index (χ1n) is 5.58. The highest BCUT2D eigenvalue weighted by molar-refractivity contribution is 7.11. The van der Waals surface area contributed by atoms with Gasteiger partial charge in [-0.3, -0.25) is 4.98 Å². The highest BCUT2D eigenvalue weighted by Crippen LogP contribution is 2.37. The number of pyridine rings is 1. The largest absolute Gasteiger partial charge is 0.394 e. The Morgan fingerprint density at radius 3 is 2.89 bits per heavy atom. The van der Waals surface area contributed by atoms with Crippen LogP contribution in [0.5, 0.6) is 0 Å². The Balaban J connectivity index is 2.40. The molecule has 0 fully saturated rings. The minimum atomic E-state index is -0.421. The molecule has 2 aromatic heterocycles. The van der Waals surface area contributed by atoms with E-state index in [2.05, 4.69) is 14.7 Å². The number of hydrogen-bond donors (Lipinski definition) is 3. The van der Waals surface area contributed by atoms with Gasteiger partial charge in [-0.2, -0.15) is 4.37 Å². The van der Waals surface area contributed by atoms with Crippen molar-refractivity contribution in [3.8, 4) is 11.1 Å². The second-order valence-corrected chi connectivity index (χ2v) is 5.45. The minimum Gasteiger partial charge on any atom is -0.394 e. The zero-order valence-corrected chi connectivity index (χ0v) is 11.2. The van der Waals surface area contributed by atoms with Crippen LogP contribution in [-0.2, 0) is 0 Å². The summed E-state index contributed by atoms with van der Waals surface area (Å²) in [5, 5.41) is 13.4. The van der Waals surface area contributed by atoms with Crippen LogP contribution in [0.3, 0.4) is 0 Å². The molecule has 0 atom stereocenters. The molecule has 0 bridgehead atoms. The fourth-order valence-corrected chi connectivity index (χ4v) is 2.44. The Labute approximate surface area is 110 Å².